The van der Waals surface area contributed by atoms with Crippen LogP contribution in [0.3, 0.4) is 0 Å². The summed E-state index contributed by atoms with van der Waals surface area (Å²) in [6, 6.07) is 3.68. The van der Waals surface area contributed by atoms with Crippen molar-refractivity contribution >= 4 is 5.91 Å². The van der Waals surface area contributed by atoms with Gasteiger partial charge in [0, 0.05) is 6.54 Å². The van der Waals surface area contributed by atoms with Gasteiger partial charge in [0.1, 0.15) is 5.76 Å². The molecule has 4 nitrogen and oxygen atoms in total. The maximum absolute atomic E-state index is 12.6. The first kappa shape index (κ1) is 14.1. The molecule has 106 valence electrons. The van der Waals surface area contributed by atoms with Crippen LogP contribution in [0.15, 0.2) is 22.8 Å². The first-order chi connectivity index (χ1) is 9.18. The molecule has 0 aromatic carbocycles. The third-order valence-electron chi connectivity index (χ3n) is 4.00. The van der Waals surface area contributed by atoms with Crippen molar-refractivity contribution in [2.24, 2.45) is 5.41 Å². The van der Waals surface area contributed by atoms with Gasteiger partial charge in [0.05, 0.1) is 17.7 Å². The summed E-state index contributed by atoms with van der Waals surface area (Å²) in [5.74, 6) is 0.967. The van der Waals surface area contributed by atoms with Crippen LogP contribution in [0, 0.1) is 5.41 Å². The third kappa shape index (κ3) is 3.18. The van der Waals surface area contributed by atoms with Crippen molar-refractivity contribution in [1.82, 2.24) is 10.6 Å². The largest absolute Gasteiger partial charge is 0.467 e. The molecule has 0 radical (unpaired) electrons. The van der Waals surface area contributed by atoms with Gasteiger partial charge in [-0.2, -0.15) is 0 Å². The van der Waals surface area contributed by atoms with E-state index in [0.29, 0.717) is 0 Å². The second-order valence-corrected chi connectivity index (χ2v) is 5.52. The number of piperidine rings is 1. The molecule has 2 heterocycles. The van der Waals surface area contributed by atoms with Gasteiger partial charge in [-0.15, -0.1) is 0 Å². The van der Waals surface area contributed by atoms with Crippen LogP contribution < -0.4 is 10.6 Å². The van der Waals surface area contributed by atoms with Gasteiger partial charge in [0.25, 0.3) is 0 Å². The van der Waals surface area contributed by atoms with Gasteiger partial charge in [0.15, 0.2) is 0 Å². The van der Waals surface area contributed by atoms with E-state index in [1.165, 1.54) is 0 Å². The summed E-state index contributed by atoms with van der Waals surface area (Å²) in [5, 5.41) is 6.47. The lowest BCUT2D eigenvalue weighted by molar-refractivity contribution is -0.133. The molecule has 0 bridgehead atoms. The number of carbonyl (C=O) groups excluding carboxylic acids is 1. The average molecular weight is 264 g/mol. The quantitative estimate of drug-likeness (QED) is 0.859. The van der Waals surface area contributed by atoms with Gasteiger partial charge in [-0.1, -0.05) is 13.3 Å². The van der Waals surface area contributed by atoms with E-state index in [0.717, 1.165) is 44.5 Å². The summed E-state index contributed by atoms with van der Waals surface area (Å²) < 4.78 is 5.35. The van der Waals surface area contributed by atoms with Crippen LogP contribution in [0.25, 0.3) is 0 Å². The molecule has 1 aromatic heterocycles. The van der Waals surface area contributed by atoms with Crippen molar-refractivity contribution in [1.29, 1.82) is 0 Å². The maximum Gasteiger partial charge on any atom is 0.228 e. The topological polar surface area (TPSA) is 54.3 Å². The molecule has 19 heavy (non-hydrogen) atoms. The minimum atomic E-state index is -0.242. The molecular weight excluding hydrogens is 240 g/mol. The van der Waals surface area contributed by atoms with Crippen LogP contribution in [0.2, 0.25) is 0 Å². The molecule has 0 spiro atoms. The fourth-order valence-corrected chi connectivity index (χ4v) is 2.93. The van der Waals surface area contributed by atoms with E-state index in [-0.39, 0.29) is 17.4 Å². The van der Waals surface area contributed by atoms with Crippen LogP contribution in [-0.2, 0) is 4.79 Å². The SMILES string of the molecule is CCCC1(C(=O)N[C@H](C)c2ccco2)CCCNC1. The van der Waals surface area contributed by atoms with Crippen LogP contribution in [0.4, 0.5) is 0 Å². The van der Waals surface area contributed by atoms with Crippen molar-refractivity contribution in [2.45, 2.75) is 45.6 Å². The van der Waals surface area contributed by atoms with Crippen molar-refractivity contribution in [2.75, 3.05) is 13.1 Å². The van der Waals surface area contributed by atoms with Crippen LogP contribution in [-0.4, -0.2) is 19.0 Å². The fourth-order valence-electron chi connectivity index (χ4n) is 2.93. The van der Waals surface area contributed by atoms with Crippen molar-refractivity contribution in [3.05, 3.63) is 24.2 Å². The Labute approximate surface area is 114 Å². The predicted octanol–water partition coefficient (Wildman–Crippen LogP) is 2.63. The van der Waals surface area contributed by atoms with Gasteiger partial charge in [-0.25, -0.2) is 0 Å². The number of hydrogen-bond acceptors (Lipinski definition) is 3. The van der Waals surface area contributed by atoms with Gasteiger partial charge in [-0.3, -0.25) is 4.79 Å². The zero-order valence-corrected chi connectivity index (χ0v) is 11.9. The molecule has 1 fully saturated rings. The zero-order valence-electron chi connectivity index (χ0n) is 11.9. The van der Waals surface area contributed by atoms with Gasteiger partial charge in [-0.05, 0) is 44.9 Å². The summed E-state index contributed by atoms with van der Waals surface area (Å²) in [5.41, 5.74) is -0.242. The predicted molar refractivity (Wildman–Crippen MR) is 74.7 cm³/mol. The van der Waals surface area contributed by atoms with Crippen molar-refractivity contribution in [3.63, 3.8) is 0 Å². The normalized spacial score (nSPS) is 24.9. The van der Waals surface area contributed by atoms with E-state index in [1.807, 2.05) is 19.1 Å². The van der Waals surface area contributed by atoms with Gasteiger partial charge >= 0.3 is 0 Å². The Morgan fingerprint density at radius 1 is 1.63 bits per heavy atom. The lowest BCUT2D eigenvalue weighted by Gasteiger charge is -2.36. The second kappa shape index (κ2) is 6.24. The standard InChI is InChI=1S/C15H24N2O2/c1-3-7-15(8-5-9-16-11-15)14(18)17-12(2)13-6-4-10-19-13/h4,6,10,12,16H,3,5,7-9,11H2,1-2H3,(H,17,18)/t12-,15?/m1/s1. The Bertz CT molecular complexity index is 389. The minimum Gasteiger partial charge on any atom is -0.467 e. The number of furan rings is 1. The molecule has 2 N–H and O–H groups in total. The summed E-state index contributed by atoms with van der Waals surface area (Å²) in [6.45, 7) is 5.91. The van der Waals surface area contributed by atoms with Crippen LogP contribution >= 0.6 is 0 Å². The Balaban J connectivity index is 2.03. The second-order valence-electron chi connectivity index (χ2n) is 5.52. The van der Waals surface area contributed by atoms with E-state index in [1.54, 1.807) is 6.26 Å². The molecule has 1 aromatic rings. The molecule has 1 aliphatic rings. The number of rotatable bonds is 5. The molecular formula is C15H24N2O2. The third-order valence-corrected chi connectivity index (χ3v) is 4.00. The average Bonchev–Trinajstić information content (AvgIpc) is 2.94. The number of carbonyl (C=O) groups is 1. The van der Waals surface area contributed by atoms with Crippen LogP contribution in [0.1, 0.15) is 51.3 Å². The highest BCUT2D eigenvalue weighted by molar-refractivity contribution is 5.83. The molecule has 1 saturated heterocycles. The van der Waals surface area contributed by atoms with E-state index >= 15 is 0 Å². The monoisotopic (exact) mass is 264 g/mol. The molecule has 0 aliphatic carbocycles. The Kier molecular flexibility index (Phi) is 4.64. The number of hydrogen-bond donors (Lipinski definition) is 2. The highest BCUT2D eigenvalue weighted by Gasteiger charge is 2.39. The van der Waals surface area contributed by atoms with Crippen molar-refractivity contribution in [3.8, 4) is 0 Å². The lowest BCUT2D eigenvalue weighted by Crippen LogP contribution is -2.50. The summed E-state index contributed by atoms with van der Waals surface area (Å²) in [4.78, 5) is 12.6. The molecule has 1 aliphatic heterocycles. The molecule has 0 saturated carbocycles. The Morgan fingerprint density at radius 3 is 3.05 bits per heavy atom. The van der Waals surface area contributed by atoms with Gasteiger partial charge in [0.2, 0.25) is 5.91 Å². The minimum absolute atomic E-state index is 0.0712. The summed E-state index contributed by atoms with van der Waals surface area (Å²) in [7, 11) is 0. The molecule has 1 unspecified atom stereocenters. The summed E-state index contributed by atoms with van der Waals surface area (Å²) in [6.07, 6.45) is 5.66. The lowest BCUT2D eigenvalue weighted by atomic mass is 9.76. The van der Waals surface area contributed by atoms with Gasteiger partial charge < -0.3 is 15.1 Å². The summed E-state index contributed by atoms with van der Waals surface area (Å²) >= 11 is 0. The molecule has 2 rings (SSSR count). The molecule has 2 atom stereocenters. The first-order valence-corrected chi connectivity index (χ1v) is 7.23. The number of amides is 1. The fraction of sp³-hybridized carbons (Fsp3) is 0.667. The maximum atomic E-state index is 12.6. The zero-order chi connectivity index (χ0) is 13.7. The smallest absolute Gasteiger partial charge is 0.228 e. The van der Waals surface area contributed by atoms with Crippen LogP contribution in [0.5, 0.6) is 0 Å². The number of nitrogens with one attached hydrogen (secondary N) is 2. The highest BCUT2D eigenvalue weighted by atomic mass is 16.3. The van der Waals surface area contributed by atoms with E-state index in [4.69, 9.17) is 4.42 Å². The Morgan fingerprint density at radius 2 is 2.47 bits per heavy atom. The van der Waals surface area contributed by atoms with Crippen molar-refractivity contribution < 1.29 is 9.21 Å². The first-order valence-electron chi connectivity index (χ1n) is 7.23. The van der Waals surface area contributed by atoms with E-state index < -0.39 is 0 Å². The van der Waals surface area contributed by atoms with E-state index in [2.05, 4.69) is 17.6 Å². The highest BCUT2D eigenvalue weighted by Crippen LogP contribution is 2.32. The van der Waals surface area contributed by atoms with E-state index in [9.17, 15) is 4.79 Å². The molecule has 4 heteroatoms. The molecule has 1 amide bonds. The Hall–Kier alpha value is -1.29.